The quantitative estimate of drug-likeness (QED) is 0.274. The number of hydrogen-bond donors (Lipinski definition) is 0. The van der Waals surface area contributed by atoms with Gasteiger partial charge in [-0.1, -0.05) is 93.4 Å². The second-order valence-electron chi connectivity index (χ2n) is 11.2. The van der Waals surface area contributed by atoms with E-state index in [0.717, 1.165) is 29.2 Å². The van der Waals surface area contributed by atoms with Crippen LogP contribution in [0.3, 0.4) is 0 Å². The van der Waals surface area contributed by atoms with Gasteiger partial charge >= 0.3 is 21.7 Å². The molecule has 0 aliphatic heterocycles. The maximum atomic E-state index is 5.23. The molecular formula is C28H57NSiTi. The standard InChI is InChI=1S/C15H32NSi.C10H16.3CH3.Ti/c1-10-11(2)13(4)14(12(10)3)17(8,9)16-15(5,6)7;1-6-7(2)9(4)10(5)8(6)3;;;;/h10-14H,1-9H3;6H,1-5H3;3*1H3;/q-1;;3*-1;+4. The molecule has 4 unspecified atom stereocenters. The van der Waals surface area contributed by atoms with Gasteiger partial charge in [0, 0.05) is 0 Å². The molecule has 1 saturated carbocycles. The average Bonchev–Trinajstić information content (AvgIpc) is 2.82. The molecule has 2 rings (SSSR count). The molecule has 0 aromatic rings. The van der Waals surface area contributed by atoms with Gasteiger partial charge in [0.15, 0.2) is 0 Å². The molecule has 4 atom stereocenters. The van der Waals surface area contributed by atoms with Crippen LogP contribution < -0.4 is 0 Å². The van der Waals surface area contributed by atoms with Crippen LogP contribution in [-0.4, -0.2) is 13.8 Å². The predicted octanol–water partition coefficient (Wildman–Crippen LogP) is 9.95. The molecule has 2 aliphatic carbocycles. The molecule has 1 nitrogen and oxygen atoms in total. The summed E-state index contributed by atoms with van der Waals surface area (Å²) in [6.07, 6.45) is 0. The van der Waals surface area contributed by atoms with Crippen molar-refractivity contribution in [3.63, 3.8) is 0 Å². The van der Waals surface area contributed by atoms with E-state index in [1.54, 1.807) is 11.1 Å². The fraction of sp³-hybridized carbons (Fsp3) is 0.750. The zero-order valence-corrected chi connectivity index (χ0v) is 27.0. The molecule has 0 radical (unpaired) electrons. The third-order valence-electron chi connectivity index (χ3n) is 8.10. The number of rotatable bonds is 2. The van der Waals surface area contributed by atoms with Crippen LogP contribution in [0.25, 0.3) is 4.98 Å². The summed E-state index contributed by atoms with van der Waals surface area (Å²) in [4.78, 5) is 5.23. The van der Waals surface area contributed by atoms with Crippen LogP contribution in [0.15, 0.2) is 22.3 Å². The van der Waals surface area contributed by atoms with Crippen LogP contribution in [0.1, 0.15) is 83.1 Å². The van der Waals surface area contributed by atoms with Crippen LogP contribution in [0, 0.1) is 51.9 Å². The van der Waals surface area contributed by atoms with Gasteiger partial charge < -0.3 is 27.3 Å². The van der Waals surface area contributed by atoms with Crippen molar-refractivity contribution in [2.45, 2.75) is 107 Å². The van der Waals surface area contributed by atoms with E-state index in [1.807, 2.05) is 0 Å². The van der Waals surface area contributed by atoms with Crippen molar-refractivity contribution in [3.8, 4) is 0 Å². The Labute approximate surface area is 215 Å². The SMILES string of the molecule is CC1=C(C)C(C)C(C)=C1C.CC1C(C)C(C)C([Si](C)(C)[N-]C(C)(C)C)C1C.[CH3-].[CH3-].[CH3-].[Ti+4]. The Morgan fingerprint density at radius 2 is 0.935 bits per heavy atom. The second kappa shape index (κ2) is 13.9. The first-order valence-electron chi connectivity index (χ1n) is 11.1. The van der Waals surface area contributed by atoms with E-state index in [-0.39, 0.29) is 49.5 Å². The first kappa shape index (κ1) is 38.6. The summed E-state index contributed by atoms with van der Waals surface area (Å²) in [6.45, 7) is 32.7. The van der Waals surface area contributed by atoms with Crippen molar-refractivity contribution < 1.29 is 21.7 Å². The Morgan fingerprint density at radius 3 is 1.13 bits per heavy atom. The summed E-state index contributed by atoms with van der Waals surface area (Å²) >= 11 is 0. The van der Waals surface area contributed by atoms with Crippen molar-refractivity contribution in [1.29, 1.82) is 0 Å². The van der Waals surface area contributed by atoms with Crippen LogP contribution in [0.2, 0.25) is 18.6 Å². The number of allylic oxidation sites excluding steroid dienone is 4. The van der Waals surface area contributed by atoms with Gasteiger partial charge in [0.25, 0.3) is 0 Å². The molecule has 31 heavy (non-hydrogen) atoms. The van der Waals surface area contributed by atoms with Gasteiger partial charge in [-0.05, 0) is 68.4 Å². The molecule has 0 saturated heterocycles. The zero-order chi connectivity index (χ0) is 21.5. The minimum Gasteiger partial charge on any atom is -0.660 e. The van der Waals surface area contributed by atoms with Crippen LogP contribution in [-0.2, 0) is 21.7 Å². The van der Waals surface area contributed by atoms with E-state index >= 15 is 0 Å². The maximum absolute atomic E-state index is 5.23. The average molecular weight is 484 g/mol. The fourth-order valence-electron chi connectivity index (χ4n) is 5.88. The van der Waals surface area contributed by atoms with Crippen LogP contribution in [0.5, 0.6) is 0 Å². The molecule has 0 spiro atoms. The zero-order valence-electron chi connectivity index (χ0n) is 24.4. The van der Waals surface area contributed by atoms with E-state index in [0.29, 0.717) is 5.92 Å². The Balaban J connectivity index is -0.000000228. The molecule has 0 aromatic carbocycles. The van der Waals surface area contributed by atoms with Gasteiger partial charge in [-0.2, -0.15) is 0 Å². The Hall–Kier alpha value is 0.371. The molecule has 182 valence electrons. The first-order valence-corrected chi connectivity index (χ1v) is 14.1. The molecule has 0 amide bonds. The minimum absolute atomic E-state index is 0. The minimum atomic E-state index is -1.49. The molecular weight excluding hydrogens is 426 g/mol. The van der Waals surface area contributed by atoms with Crippen molar-refractivity contribution in [2.24, 2.45) is 29.6 Å². The van der Waals surface area contributed by atoms with E-state index in [9.17, 15) is 0 Å². The maximum Gasteiger partial charge on any atom is 4.00 e. The smallest absolute Gasteiger partial charge is 0.660 e. The fourth-order valence-corrected chi connectivity index (χ4v) is 10.9. The number of nitrogens with zero attached hydrogens (tertiary/aromatic N) is 1. The Morgan fingerprint density at radius 1 is 0.645 bits per heavy atom. The summed E-state index contributed by atoms with van der Waals surface area (Å²) in [6, 6.07) is 0. The van der Waals surface area contributed by atoms with Gasteiger partial charge in [0.2, 0.25) is 0 Å². The molecule has 0 aromatic heterocycles. The van der Waals surface area contributed by atoms with Crippen LogP contribution in [0.4, 0.5) is 0 Å². The van der Waals surface area contributed by atoms with E-state index in [2.05, 4.69) is 96.2 Å². The third-order valence-corrected chi connectivity index (χ3v) is 12.0. The molecule has 2 aliphatic rings. The molecule has 0 N–H and O–H groups in total. The molecule has 3 heteroatoms. The van der Waals surface area contributed by atoms with E-state index in [4.69, 9.17) is 4.98 Å². The largest absolute Gasteiger partial charge is 4.00 e. The molecule has 0 heterocycles. The van der Waals surface area contributed by atoms with Crippen molar-refractivity contribution in [2.75, 3.05) is 0 Å². The van der Waals surface area contributed by atoms with Gasteiger partial charge in [-0.3, -0.25) is 0 Å². The molecule has 0 bridgehead atoms. The summed E-state index contributed by atoms with van der Waals surface area (Å²) in [5.41, 5.74) is 7.09. The topological polar surface area (TPSA) is 14.1 Å². The van der Waals surface area contributed by atoms with Crippen molar-refractivity contribution >= 4 is 8.24 Å². The van der Waals surface area contributed by atoms with Gasteiger partial charge in [0.1, 0.15) is 0 Å². The summed E-state index contributed by atoms with van der Waals surface area (Å²) < 4.78 is 0. The van der Waals surface area contributed by atoms with Gasteiger partial charge in [0.05, 0.1) is 0 Å². The van der Waals surface area contributed by atoms with Crippen molar-refractivity contribution in [1.82, 2.24) is 0 Å². The third kappa shape index (κ3) is 8.91. The normalized spacial score (nSPS) is 28.6. The van der Waals surface area contributed by atoms with Crippen molar-refractivity contribution in [3.05, 3.63) is 49.6 Å². The Kier molecular flexibility index (Phi) is 17.4. The first-order chi connectivity index (χ1) is 12.0. The summed E-state index contributed by atoms with van der Waals surface area (Å²) in [5, 5.41) is 0. The predicted molar refractivity (Wildman–Crippen MR) is 146 cm³/mol. The van der Waals surface area contributed by atoms with E-state index in [1.165, 1.54) is 11.1 Å². The van der Waals surface area contributed by atoms with Crippen LogP contribution >= 0.6 is 0 Å². The monoisotopic (exact) mass is 483 g/mol. The number of hydrogen-bond acceptors (Lipinski definition) is 0. The second-order valence-corrected chi connectivity index (χ2v) is 15.4. The summed E-state index contributed by atoms with van der Waals surface area (Å²) in [5.74, 6) is 4.09. The van der Waals surface area contributed by atoms with E-state index < -0.39 is 8.24 Å². The summed E-state index contributed by atoms with van der Waals surface area (Å²) in [7, 11) is -1.49. The molecule has 1 fully saturated rings. The van der Waals surface area contributed by atoms with Gasteiger partial charge in [-0.15, -0.1) is 5.54 Å². The Bertz CT molecular complexity index is 559. The van der Waals surface area contributed by atoms with Gasteiger partial charge in [-0.25, -0.2) is 0 Å².